The number of esters is 1. The Morgan fingerprint density at radius 3 is 2.67 bits per heavy atom. The Labute approximate surface area is 144 Å². The van der Waals surface area contributed by atoms with E-state index in [9.17, 15) is 14.9 Å². The molecule has 1 amide bonds. The van der Waals surface area contributed by atoms with E-state index < -0.39 is 23.7 Å². The Morgan fingerprint density at radius 1 is 1.38 bits per heavy atom. The number of hydrogen-bond acceptors (Lipinski definition) is 6. The van der Waals surface area contributed by atoms with E-state index in [1.54, 1.807) is 24.3 Å². The van der Waals surface area contributed by atoms with Crippen LogP contribution in [-0.4, -0.2) is 31.8 Å². The first kappa shape index (κ1) is 17.9. The van der Waals surface area contributed by atoms with Gasteiger partial charge in [-0.15, -0.1) is 11.8 Å². The summed E-state index contributed by atoms with van der Waals surface area (Å²) in [5.41, 5.74) is 0.942. The molecule has 0 fully saturated rings. The van der Waals surface area contributed by atoms with Crippen LogP contribution < -0.4 is 10.1 Å². The molecule has 1 N–H and O–H groups in total. The molecule has 1 heterocycles. The van der Waals surface area contributed by atoms with Crippen molar-refractivity contribution in [1.82, 2.24) is 5.32 Å². The summed E-state index contributed by atoms with van der Waals surface area (Å²) in [6.07, 6.45) is 0. The van der Waals surface area contributed by atoms with Crippen LogP contribution in [0.5, 0.6) is 5.75 Å². The van der Waals surface area contributed by atoms with E-state index in [4.69, 9.17) is 9.47 Å². The molecule has 1 aromatic rings. The Kier molecular flexibility index (Phi) is 5.88. The zero-order valence-corrected chi connectivity index (χ0v) is 14.5. The minimum atomic E-state index is -1.14. The molecule has 0 radical (unpaired) electrons. The van der Waals surface area contributed by atoms with Gasteiger partial charge in [-0.25, -0.2) is 0 Å². The highest BCUT2D eigenvalue weighted by molar-refractivity contribution is 8.03. The normalized spacial score (nSPS) is 20.2. The molecule has 0 unspecified atom stereocenters. The molecule has 0 aromatic heterocycles. The van der Waals surface area contributed by atoms with Gasteiger partial charge in [0, 0.05) is 11.5 Å². The maximum Gasteiger partial charge on any atom is 0.319 e. The minimum Gasteiger partial charge on any atom is -0.496 e. The van der Waals surface area contributed by atoms with Crippen LogP contribution in [0.3, 0.4) is 0 Å². The zero-order chi connectivity index (χ0) is 17.7. The quantitative estimate of drug-likeness (QED) is 0.649. The lowest BCUT2D eigenvalue weighted by atomic mass is 9.78. The van der Waals surface area contributed by atoms with Gasteiger partial charge in [0.1, 0.15) is 11.7 Å². The van der Waals surface area contributed by atoms with Gasteiger partial charge in [-0.1, -0.05) is 25.1 Å². The first-order chi connectivity index (χ1) is 11.6. The van der Waals surface area contributed by atoms with Gasteiger partial charge < -0.3 is 14.8 Å². The van der Waals surface area contributed by atoms with Crippen LogP contribution >= 0.6 is 11.8 Å². The second-order valence-electron chi connectivity index (χ2n) is 5.00. The van der Waals surface area contributed by atoms with E-state index in [1.807, 2.05) is 6.92 Å². The predicted octanol–water partition coefficient (Wildman–Crippen LogP) is 2.19. The summed E-state index contributed by atoms with van der Waals surface area (Å²) in [7, 11) is 2.73. The molecule has 0 bridgehead atoms. The first-order valence-corrected chi connectivity index (χ1v) is 8.36. The maximum absolute atomic E-state index is 12.5. The van der Waals surface area contributed by atoms with Crippen LogP contribution in [0.25, 0.3) is 0 Å². The van der Waals surface area contributed by atoms with Gasteiger partial charge in [0.25, 0.3) is 0 Å². The third kappa shape index (κ3) is 3.24. The molecular formula is C17H18N2O4S. The van der Waals surface area contributed by atoms with E-state index >= 15 is 0 Å². The van der Waals surface area contributed by atoms with Crippen molar-refractivity contribution in [2.24, 2.45) is 5.92 Å². The Morgan fingerprint density at radius 2 is 2.08 bits per heavy atom. The van der Waals surface area contributed by atoms with Crippen LogP contribution in [0.1, 0.15) is 18.4 Å². The number of benzene rings is 1. The molecule has 0 spiro atoms. The Bertz CT molecular complexity index is 724. The summed E-state index contributed by atoms with van der Waals surface area (Å²) in [4.78, 5) is 24.7. The summed E-state index contributed by atoms with van der Waals surface area (Å²) in [6, 6.07) is 9.20. The van der Waals surface area contributed by atoms with Gasteiger partial charge >= 0.3 is 5.97 Å². The SMILES string of the molecule is CCSC1=C(C#N)[C@@H](c2ccccc2OC)[C@H](C(=O)OC)C(=O)N1. The molecule has 0 saturated carbocycles. The molecule has 1 aromatic carbocycles. The number of hydrogen-bond donors (Lipinski definition) is 1. The van der Waals surface area contributed by atoms with E-state index in [1.165, 1.54) is 26.0 Å². The lowest BCUT2D eigenvalue weighted by Crippen LogP contribution is -2.44. The van der Waals surface area contributed by atoms with E-state index in [2.05, 4.69) is 11.4 Å². The fourth-order valence-corrected chi connectivity index (χ4v) is 3.51. The summed E-state index contributed by atoms with van der Waals surface area (Å²) in [5, 5.41) is 12.8. The third-order valence-corrected chi connectivity index (χ3v) is 4.65. The average Bonchev–Trinajstić information content (AvgIpc) is 2.60. The second kappa shape index (κ2) is 7.88. The number of rotatable bonds is 5. The van der Waals surface area contributed by atoms with Crippen LogP contribution in [0, 0.1) is 17.2 Å². The number of nitrogens with one attached hydrogen (secondary N) is 1. The minimum absolute atomic E-state index is 0.335. The molecule has 2 rings (SSSR count). The van der Waals surface area contributed by atoms with Crippen molar-refractivity contribution >= 4 is 23.6 Å². The third-order valence-electron chi connectivity index (χ3n) is 3.75. The van der Waals surface area contributed by atoms with Gasteiger partial charge in [0.2, 0.25) is 5.91 Å². The van der Waals surface area contributed by atoms with Gasteiger partial charge in [0.15, 0.2) is 0 Å². The van der Waals surface area contributed by atoms with Gasteiger partial charge in [0.05, 0.1) is 30.9 Å². The van der Waals surface area contributed by atoms with Crippen molar-refractivity contribution in [2.45, 2.75) is 12.8 Å². The highest BCUT2D eigenvalue weighted by atomic mass is 32.2. The molecule has 7 heteroatoms. The van der Waals surface area contributed by atoms with Crippen LogP contribution in [0.2, 0.25) is 0 Å². The number of ether oxygens (including phenoxy) is 2. The molecule has 0 aliphatic carbocycles. The summed E-state index contributed by atoms with van der Waals surface area (Å²) >= 11 is 1.35. The second-order valence-corrected chi connectivity index (χ2v) is 6.27. The Balaban J connectivity index is 2.69. The number of thioether (sulfide) groups is 1. The van der Waals surface area contributed by atoms with Gasteiger partial charge in [-0.3, -0.25) is 9.59 Å². The first-order valence-electron chi connectivity index (χ1n) is 7.37. The van der Waals surface area contributed by atoms with Crippen molar-refractivity contribution in [3.8, 4) is 11.8 Å². The number of amides is 1. The van der Waals surface area contributed by atoms with Crippen molar-refractivity contribution < 1.29 is 19.1 Å². The molecule has 2 atom stereocenters. The molecular weight excluding hydrogens is 328 g/mol. The highest BCUT2D eigenvalue weighted by Gasteiger charge is 2.45. The van der Waals surface area contributed by atoms with Crippen LogP contribution in [0.4, 0.5) is 0 Å². The van der Waals surface area contributed by atoms with Crippen molar-refractivity contribution in [1.29, 1.82) is 5.26 Å². The van der Waals surface area contributed by atoms with E-state index in [-0.39, 0.29) is 0 Å². The number of nitriles is 1. The monoisotopic (exact) mass is 346 g/mol. The number of allylic oxidation sites excluding steroid dienone is 1. The fraction of sp³-hybridized carbons (Fsp3) is 0.353. The van der Waals surface area contributed by atoms with Crippen LogP contribution in [-0.2, 0) is 14.3 Å². The van der Waals surface area contributed by atoms with Crippen molar-refractivity contribution in [2.75, 3.05) is 20.0 Å². The lowest BCUT2D eigenvalue weighted by molar-refractivity contribution is -0.150. The summed E-state index contributed by atoms with van der Waals surface area (Å²) in [5.74, 6) is -1.85. The molecule has 126 valence electrons. The predicted molar refractivity (Wildman–Crippen MR) is 90.2 cm³/mol. The number of carbonyl (C=O) groups is 2. The number of para-hydroxylation sites is 1. The largest absolute Gasteiger partial charge is 0.496 e. The highest BCUT2D eigenvalue weighted by Crippen LogP contribution is 2.43. The fourth-order valence-electron chi connectivity index (χ4n) is 2.72. The smallest absolute Gasteiger partial charge is 0.319 e. The number of carbonyl (C=O) groups excluding carboxylic acids is 2. The standard InChI is InChI=1S/C17H18N2O4S/c1-4-24-16-11(9-18)13(10-7-5-6-8-12(10)22-2)14(15(20)19-16)17(21)23-3/h5-8,13-14H,4H2,1-3H3,(H,19,20)/t13-,14+/m1/s1. The number of nitrogens with zero attached hydrogens (tertiary/aromatic N) is 1. The molecule has 0 saturated heterocycles. The lowest BCUT2D eigenvalue weighted by Gasteiger charge is -2.31. The van der Waals surface area contributed by atoms with Gasteiger partial charge in [-0.2, -0.15) is 5.26 Å². The number of methoxy groups -OCH3 is 2. The van der Waals surface area contributed by atoms with Crippen molar-refractivity contribution in [3.63, 3.8) is 0 Å². The average molecular weight is 346 g/mol. The molecule has 6 nitrogen and oxygen atoms in total. The summed E-state index contributed by atoms with van der Waals surface area (Å²) in [6.45, 7) is 1.92. The summed E-state index contributed by atoms with van der Waals surface area (Å²) < 4.78 is 10.2. The van der Waals surface area contributed by atoms with E-state index in [0.717, 1.165) is 0 Å². The topological polar surface area (TPSA) is 88.4 Å². The Hall–Kier alpha value is -2.46. The molecule has 1 aliphatic rings. The van der Waals surface area contributed by atoms with E-state index in [0.29, 0.717) is 27.7 Å². The van der Waals surface area contributed by atoms with Crippen LogP contribution in [0.15, 0.2) is 34.9 Å². The van der Waals surface area contributed by atoms with Crippen molar-refractivity contribution in [3.05, 3.63) is 40.4 Å². The maximum atomic E-state index is 12.5. The zero-order valence-electron chi connectivity index (χ0n) is 13.7. The molecule has 24 heavy (non-hydrogen) atoms. The molecule has 1 aliphatic heterocycles. The van der Waals surface area contributed by atoms with Gasteiger partial charge in [-0.05, 0) is 11.8 Å².